The Kier molecular flexibility index (Phi) is 9.11. The van der Waals surface area contributed by atoms with Gasteiger partial charge in [-0.1, -0.05) is 0 Å². The SMILES string of the molecule is CCN(C(=O)c1cc(F)ccc1OC(=N)C(=NC=N)N1CC2(CC(Oc3ccnc4c3CN(C(C)C3CNC3)CC4)C2)C1)C(C)C. The number of hydrogen-bond donors (Lipinski definition) is 3. The van der Waals surface area contributed by atoms with Crippen LogP contribution in [0.4, 0.5) is 4.39 Å². The van der Waals surface area contributed by atoms with Crippen molar-refractivity contribution in [3.05, 3.63) is 53.1 Å². The zero-order valence-corrected chi connectivity index (χ0v) is 27.2. The monoisotopic (exact) mass is 632 g/mol. The van der Waals surface area contributed by atoms with Gasteiger partial charge in [0, 0.05) is 87.2 Å². The van der Waals surface area contributed by atoms with E-state index in [4.69, 9.17) is 20.3 Å². The lowest BCUT2D eigenvalue weighted by Gasteiger charge is -2.59. The third-order valence-corrected chi connectivity index (χ3v) is 10.1. The third-order valence-electron chi connectivity index (χ3n) is 10.1. The van der Waals surface area contributed by atoms with Crippen molar-refractivity contribution >= 4 is 24.0 Å². The molecule has 1 unspecified atom stereocenters. The van der Waals surface area contributed by atoms with Gasteiger partial charge in [-0.05, 0) is 70.7 Å². The van der Waals surface area contributed by atoms with Crippen LogP contribution < -0.4 is 14.8 Å². The molecule has 12 heteroatoms. The number of carbonyl (C=O) groups excluding carboxylic acids is 1. The minimum atomic E-state index is -0.563. The second kappa shape index (κ2) is 13.1. The van der Waals surface area contributed by atoms with Gasteiger partial charge in [-0.25, -0.2) is 9.38 Å². The lowest BCUT2D eigenvalue weighted by Crippen LogP contribution is -2.67. The number of ether oxygens (including phenoxy) is 2. The van der Waals surface area contributed by atoms with Crippen LogP contribution in [-0.4, -0.2) is 101 Å². The lowest BCUT2D eigenvalue weighted by molar-refractivity contribution is -0.0925. The van der Waals surface area contributed by atoms with Crippen molar-refractivity contribution in [2.24, 2.45) is 16.3 Å². The maximum absolute atomic E-state index is 14.2. The van der Waals surface area contributed by atoms with Crippen LogP contribution >= 0.6 is 0 Å². The first-order valence-corrected chi connectivity index (χ1v) is 16.4. The molecular weight excluding hydrogens is 587 g/mol. The van der Waals surface area contributed by atoms with E-state index in [1.807, 2.05) is 37.9 Å². The molecule has 4 heterocycles. The molecule has 2 aromatic rings. The van der Waals surface area contributed by atoms with Crippen LogP contribution in [0.3, 0.4) is 0 Å². The number of halogens is 1. The van der Waals surface area contributed by atoms with E-state index in [1.165, 1.54) is 17.7 Å². The Labute approximate surface area is 270 Å². The number of nitrogens with one attached hydrogen (secondary N) is 3. The average Bonchev–Trinajstić information content (AvgIpc) is 2.96. The first-order valence-electron chi connectivity index (χ1n) is 16.4. The maximum Gasteiger partial charge on any atom is 0.257 e. The first-order chi connectivity index (χ1) is 22.1. The van der Waals surface area contributed by atoms with Crippen LogP contribution in [0, 0.1) is 28.0 Å². The summed E-state index contributed by atoms with van der Waals surface area (Å²) >= 11 is 0. The largest absolute Gasteiger partial charge is 0.490 e. The molecule has 1 aromatic heterocycles. The summed E-state index contributed by atoms with van der Waals surface area (Å²) in [5.41, 5.74) is 2.45. The summed E-state index contributed by atoms with van der Waals surface area (Å²) in [6, 6.07) is 6.14. The smallest absolute Gasteiger partial charge is 0.257 e. The molecule has 1 aromatic carbocycles. The highest BCUT2D eigenvalue weighted by Crippen LogP contribution is 2.50. The number of aliphatic imine (C=N–C) groups is 1. The third kappa shape index (κ3) is 6.24. The summed E-state index contributed by atoms with van der Waals surface area (Å²) in [5, 5.41) is 19.7. The van der Waals surface area contributed by atoms with E-state index in [0.29, 0.717) is 31.6 Å². The Morgan fingerprint density at radius 2 is 2.00 bits per heavy atom. The lowest BCUT2D eigenvalue weighted by atomic mass is 9.61. The fourth-order valence-corrected chi connectivity index (χ4v) is 7.34. The van der Waals surface area contributed by atoms with Gasteiger partial charge in [-0.15, -0.1) is 0 Å². The Bertz CT molecular complexity index is 1510. The number of hydrogen-bond acceptors (Lipinski definition) is 8. The van der Waals surface area contributed by atoms with Crippen LogP contribution in [0.1, 0.15) is 62.2 Å². The van der Waals surface area contributed by atoms with Crippen molar-refractivity contribution in [3.63, 3.8) is 0 Å². The van der Waals surface area contributed by atoms with Crippen LogP contribution in [0.2, 0.25) is 0 Å². The zero-order valence-electron chi connectivity index (χ0n) is 27.2. The number of nitrogens with zero attached hydrogens (tertiary/aromatic N) is 5. The molecule has 2 saturated heterocycles. The van der Waals surface area contributed by atoms with Gasteiger partial charge in [0.05, 0.1) is 5.56 Å². The van der Waals surface area contributed by atoms with E-state index in [9.17, 15) is 9.18 Å². The molecule has 0 bridgehead atoms. The predicted octanol–water partition coefficient (Wildman–Crippen LogP) is 3.96. The standard InChI is InChI=1S/C34H45FN8O3/c1-5-43(21(2)3)33(44)26-12-24(35)6-7-29(26)46-31(37)32(40-20-36)42-18-34(19-42)13-25(14-34)45-30-8-10-39-28-9-11-41(17-27(28)30)22(4)23-15-38-16-23/h6-8,10,12,20-23,25,36-38H,5,9,11,13-19H2,1-4H3. The number of carbonyl (C=O) groups is 1. The van der Waals surface area contributed by atoms with Crippen molar-refractivity contribution in [2.75, 3.05) is 39.3 Å². The molecular formula is C34H45FN8O3. The van der Waals surface area contributed by atoms with Gasteiger partial charge in [0.15, 0.2) is 5.84 Å². The Hall–Kier alpha value is -3.90. The number of amidine groups is 1. The molecule has 1 saturated carbocycles. The summed E-state index contributed by atoms with van der Waals surface area (Å²) < 4.78 is 26.6. The number of aromatic nitrogens is 1. The summed E-state index contributed by atoms with van der Waals surface area (Å²) in [6.45, 7) is 13.8. The molecule has 1 atom stereocenters. The molecule has 3 N–H and O–H groups in total. The first kappa shape index (κ1) is 32.1. The Balaban J connectivity index is 1.07. The summed E-state index contributed by atoms with van der Waals surface area (Å²) in [4.78, 5) is 28.1. The molecule has 46 heavy (non-hydrogen) atoms. The van der Waals surface area contributed by atoms with Crippen LogP contribution in [-0.2, 0) is 13.0 Å². The quantitative estimate of drug-likeness (QED) is 0.282. The highest BCUT2D eigenvalue weighted by molar-refractivity contribution is 6.38. The van der Waals surface area contributed by atoms with E-state index < -0.39 is 5.82 Å². The molecule has 246 valence electrons. The van der Waals surface area contributed by atoms with E-state index in [-0.39, 0.29) is 46.5 Å². The molecule has 1 amide bonds. The number of rotatable bonds is 9. The highest BCUT2D eigenvalue weighted by Gasteiger charge is 2.55. The molecule has 1 aliphatic carbocycles. The minimum Gasteiger partial charge on any atom is -0.490 e. The Morgan fingerprint density at radius 3 is 2.65 bits per heavy atom. The second-order valence-corrected chi connectivity index (χ2v) is 13.5. The van der Waals surface area contributed by atoms with Crippen molar-refractivity contribution in [1.29, 1.82) is 10.8 Å². The minimum absolute atomic E-state index is 0.0458. The Morgan fingerprint density at radius 1 is 1.24 bits per heavy atom. The fourth-order valence-electron chi connectivity index (χ4n) is 7.34. The van der Waals surface area contributed by atoms with Crippen molar-refractivity contribution in [2.45, 2.75) is 71.7 Å². The van der Waals surface area contributed by atoms with Gasteiger partial charge in [-0.3, -0.25) is 25.5 Å². The number of fused-ring (bicyclic) bond motifs is 1. The van der Waals surface area contributed by atoms with E-state index in [0.717, 1.165) is 69.3 Å². The molecule has 3 fully saturated rings. The predicted molar refractivity (Wildman–Crippen MR) is 175 cm³/mol. The summed E-state index contributed by atoms with van der Waals surface area (Å²) in [5.74, 6) is 0.698. The van der Waals surface area contributed by atoms with Gasteiger partial charge in [0.2, 0.25) is 0 Å². The molecule has 6 rings (SSSR count). The fraction of sp³-hybridized carbons (Fsp3) is 0.559. The summed E-state index contributed by atoms with van der Waals surface area (Å²) in [7, 11) is 0. The van der Waals surface area contributed by atoms with Gasteiger partial charge >= 0.3 is 0 Å². The molecule has 3 aliphatic heterocycles. The number of amides is 1. The van der Waals surface area contributed by atoms with Crippen LogP contribution in [0.25, 0.3) is 0 Å². The number of likely N-dealkylation sites (tertiary alicyclic amines) is 1. The van der Waals surface area contributed by atoms with Gasteiger partial charge < -0.3 is 24.6 Å². The van der Waals surface area contributed by atoms with Gasteiger partial charge in [0.1, 0.15) is 29.8 Å². The van der Waals surface area contributed by atoms with E-state index in [1.54, 1.807) is 4.90 Å². The van der Waals surface area contributed by atoms with Gasteiger partial charge in [-0.2, -0.15) is 0 Å². The zero-order chi connectivity index (χ0) is 32.6. The van der Waals surface area contributed by atoms with Crippen molar-refractivity contribution in [1.82, 2.24) is 25.0 Å². The molecule has 11 nitrogen and oxygen atoms in total. The van der Waals surface area contributed by atoms with Crippen LogP contribution in [0.15, 0.2) is 35.5 Å². The van der Waals surface area contributed by atoms with Gasteiger partial charge in [0.25, 0.3) is 11.8 Å². The van der Waals surface area contributed by atoms with Crippen molar-refractivity contribution < 1.29 is 18.7 Å². The molecule has 0 radical (unpaired) electrons. The number of pyridine rings is 1. The second-order valence-electron chi connectivity index (χ2n) is 13.5. The highest BCUT2D eigenvalue weighted by atomic mass is 19.1. The maximum atomic E-state index is 14.2. The van der Waals surface area contributed by atoms with E-state index in [2.05, 4.69) is 27.1 Å². The normalized spacial score (nSPS) is 20.3. The summed E-state index contributed by atoms with van der Waals surface area (Å²) in [6.07, 6.45) is 5.56. The molecule has 1 spiro atoms. The molecule has 4 aliphatic rings. The van der Waals surface area contributed by atoms with E-state index >= 15 is 0 Å². The average molecular weight is 633 g/mol. The number of benzene rings is 1. The topological polar surface area (TPSA) is 130 Å². The van der Waals surface area contributed by atoms with Crippen molar-refractivity contribution in [3.8, 4) is 11.5 Å². The van der Waals surface area contributed by atoms with Crippen LogP contribution in [0.5, 0.6) is 11.5 Å².